The van der Waals surface area contributed by atoms with E-state index in [9.17, 15) is 17.6 Å². The minimum atomic E-state index is -0.953. The summed E-state index contributed by atoms with van der Waals surface area (Å²) in [6.07, 6.45) is 8.31. The predicted molar refractivity (Wildman–Crippen MR) is 104 cm³/mol. The van der Waals surface area contributed by atoms with Gasteiger partial charge in [-0.3, -0.25) is 0 Å². The van der Waals surface area contributed by atoms with Crippen molar-refractivity contribution in [3.8, 4) is 0 Å². The Labute approximate surface area is 163 Å². The minimum absolute atomic E-state index is 0.0829. The number of rotatable bonds is 4. The SMILES string of the molecule is CCCC1CCC(c2cc(F)c(C3=Cc4cc(F)c(F)cc4C3)c(F)c2)CC1. The van der Waals surface area contributed by atoms with Gasteiger partial charge in [0.05, 0.1) is 0 Å². The van der Waals surface area contributed by atoms with E-state index in [1.165, 1.54) is 25.0 Å². The Bertz CT molecular complexity index is 897. The minimum Gasteiger partial charge on any atom is -0.206 e. The molecule has 0 atom stereocenters. The standard InChI is InChI=1S/C24H24F4/c1-2-3-14-4-6-15(7-5-14)18-12-22(27)24(23(28)13-18)19-8-16-10-20(25)21(26)11-17(16)9-19/h8,10-15H,2-7,9H2,1H3. The summed E-state index contributed by atoms with van der Waals surface area (Å²) >= 11 is 0. The Hall–Kier alpha value is -2.10. The second-order valence-corrected chi connectivity index (χ2v) is 8.18. The second kappa shape index (κ2) is 7.73. The Morgan fingerprint density at radius 2 is 1.46 bits per heavy atom. The highest BCUT2D eigenvalue weighted by Gasteiger charge is 2.26. The normalized spacial score (nSPS) is 21.5. The first-order valence-corrected chi connectivity index (χ1v) is 10.1. The first-order chi connectivity index (χ1) is 13.5. The summed E-state index contributed by atoms with van der Waals surface area (Å²) in [5.41, 5.74) is 2.09. The molecular formula is C24H24F4. The lowest BCUT2D eigenvalue weighted by Gasteiger charge is -2.29. The van der Waals surface area contributed by atoms with Crippen LogP contribution in [-0.2, 0) is 6.42 Å². The van der Waals surface area contributed by atoms with Crippen LogP contribution in [0.1, 0.15) is 73.6 Å². The van der Waals surface area contributed by atoms with Crippen LogP contribution < -0.4 is 0 Å². The molecule has 0 aliphatic heterocycles. The van der Waals surface area contributed by atoms with Gasteiger partial charge in [0, 0.05) is 5.56 Å². The molecular weight excluding hydrogens is 364 g/mol. The van der Waals surface area contributed by atoms with Gasteiger partial charge in [0.1, 0.15) is 11.6 Å². The zero-order valence-electron chi connectivity index (χ0n) is 16.0. The van der Waals surface area contributed by atoms with Crippen molar-refractivity contribution in [3.63, 3.8) is 0 Å². The van der Waals surface area contributed by atoms with Crippen molar-refractivity contribution in [1.82, 2.24) is 0 Å². The molecule has 0 radical (unpaired) electrons. The van der Waals surface area contributed by atoms with E-state index in [1.54, 1.807) is 6.08 Å². The van der Waals surface area contributed by atoms with Crippen LogP contribution in [0.3, 0.4) is 0 Å². The molecule has 4 rings (SSSR count). The molecule has 0 saturated heterocycles. The predicted octanol–water partition coefficient (Wildman–Crippen LogP) is 7.41. The van der Waals surface area contributed by atoms with Crippen LogP contribution in [0.25, 0.3) is 11.6 Å². The van der Waals surface area contributed by atoms with Crippen molar-refractivity contribution < 1.29 is 17.6 Å². The van der Waals surface area contributed by atoms with Crippen LogP contribution in [0.2, 0.25) is 0 Å². The summed E-state index contributed by atoms with van der Waals surface area (Å²) in [7, 11) is 0. The molecule has 0 aromatic heterocycles. The van der Waals surface area contributed by atoms with Crippen molar-refractivity contribution in [2.75, 3.05) is 0 Å². The molecule has 4 heteroatoms. The first kappa shape index (κ1) is 19.2. The smallest absolute Gasteiger partial charge is 0.159 e. The molecule has 0 spiro atoms. The molecule has 2 aliphatic rings. The third kappa shape index (κ3) is 3.61. The Morgan fingerprint density at radius 1 is 0.821 bits per heavy atom. The molecule has 0 N–H and O–H groups in total. The Balaban J connectivity index is 1.57. The molecule has 28 heavy (non-hydrogen) atoms. The van der Waals surface area contributed by atoms with E-state index < -0.39 is 23.3 Å². The largest absolute Gasteiger partial charge is 0.206 e. The van der Waals surface area contributed by atoms with Gasteiger partial charge in [-0.15, -0.1) is 0 Å². The molecule has 0 nitrogen and oxygen atoms in total. The number of hydrogen-bond donors (Lipinski definition) is 0. The quantitative estimate of drug-likeness (QED) is 0.478. The van der Waals surface area contributed by atoms with E-state index in [-0.39, 0.29) is 17.9 Å². The van der Waals surface area contributed by atoms with Gasteiger partial charge < -0.3 is 0 Å². The van der Waals surface area contributed by atoms with Crippen LogP contribution in [0.15, 0.2) is 24.3 Å². The highest BCUT2D eigenvalue weighted by molar-refractivity contribution is 5.89. The van der Waals surface area contributed by atoms with Gasteiger partial charge in [-0.05, 0) is 90.5 Å². The lowest BCUT2D eigenvalue weighted by atomic mass is 9.77. The number of hydrogen-bond acceptors (Lipinski definition) is 0. The average molecular weight is 388 g/mol. The van der Waals surface area contributed by atoms with Gasteiger partial charge in [-0.2, -0.15) is 0 Å². The molecule has 2 aliphatic carbocycles. The fourth-order valence-electron chi connectivity index (χ4n) is 4.82. The first-order valence-electron chi connectivity index (χ1n) is 10.1. The average Bonchev–Trinajstić information content (AvgIpc) is 3.04. The highest BCUT2D eigenvalue weighted by Crippen LogP contribution is 2.40. The maximum Gasteiger partial charge on any atom is 0.159 e. The van der Waals surface area contributed by atoms with Crippen molar-refractivity contribution in [2.24, 2.45) is 5.92 Å². The van der Waals surface area contributed by atoms with E-state index in [0.717, 1.165) is 49.3 Å². The third-order valence-corrected chi connectivity index (χ3v) is 6.29. The molecule has 1 fully saturated rings. The number of fused-ring (bicyclic) bond motifs is 1. The number of allylic oxidation sites excluding steroid dienone is 1. The molecule has 2 aromatic carbocycles. The van der Waals surface area contributed by atoms with E-state index in [2.05, 4.69) is 6.92 Å². The molecule has 0 bridgehead atoms. The van der Waals surface area contributed by atoms with Gasteiger partial charge in [0.15, 0.2) is 11.6 Å². The molecule has 1 saturated carbocycles. The monoisotopic (exact) mass is 388 g/mol. The molecule has 0 amide bonds. The number of halogens is 4. The third-order valence-electron chi connectivity index (χ3n) is 6.29. The summed E-state index contributed by atoms with van der Waals surface area (Å²) in [5.74, 6) is -2.15. The van der Waals surface area contributed by atoms with Gasteiger partial charge in [0.25, 0.3) is 0 Å². The van der Waals surface area contributed by atoms with Gasteiger partial charge in [-0.1, -0.05) is 25.8 Å². The summed E-state index contributed by atoms with van der Waals surface area (Å²) in [6.45, 7) is 2.19. The Morgan fingerprint density at radius 3 is 2.11 bits per heavy atom. The number of benzene rings is 2. The highest BCUT2D eigenvalue weighted by atomic mass is 19.2. The summed E-state index contributed by atoms with van der Waals surface area (Å²) < 4.78 is 56.6. The maximum absolute atomic E-state index is 14.9. The van der Waals surface area contributed by atoms with E-state index in [1.807, 2.05) is 0 Å². The molecule has 2 aromatic rings. The second-order valence-electron chi connectivity index (χ2n) is 8.18. The van der Waals surface area contributed by atoms with Gasteiger partial charge in [-0.25, -0.2) is 17.6 Å². The van der Waals surface area contributed by atoms with Crippen LogP contribution in [0, 0.1) is 29.2 Å². The summed E-state index contributed by atoms with van der Waals surface area (Å²) in [6, 6.07) is 5.09. The van der Waals surface area contributed by atoms with Crippen molar-refractivity contribution >= 4 is 11.6 Å². The fourth-order valence-corrected chi connectivity index (χ4v) is 4.82. The fraction of sp³-hybridized carbons (Fsp3) is 0.417. The molecule has 0 unspecified atom stereocenters. The van der Waals surface area contributed by atoms with Crippen LogP contribution in [0.5, 0.6) is 0 Å². The summed E-state index contributed by atoms with van der Waals surface area (Å²) in [5, 5.41) is 0. The van der Waals surface area contributed by atoms with E-state index >= 15 is 0 Å². The van der Waals surface area contributed by atoms with Crippen LogP contribution in [0.4, 0.5) is 17.6 Å². The molecule has 148 valence electrons. The van der Waals surface area contributed by atoms with Crippen molar-refractivity contribution in [2.45, 2.75) is 57.8 Å². The molecule has 0 heterocycles. The van der Waals surface area contributed by atoms with Gasteiger partial charge in [0.2, 0.25) is 0 Å². The topological polar surface area (TPSA) is 0 Å². The van der Waals surface area contributed by atoms with E-state index in [4.69, 9.17) is 0 Å². The van der Waals surface area contributed by atoms with Crippen molar-refractivity contribution in [1.29, 1.82) is 0 Å². The summed E-state index contributed by atoms with van der Waals surface area (Å²) in [4.78, 5) is 0. The van der Waals surface area contributed by atoms with Gasteiger partial charge >= 0.3 is 0 Å². The van der Waals surface area contributed by atoms with Crippen LogP contribution >= 0.6 is 0 Å². The maximum atomic E-state index is 14.9. The van der Waals surface area contributed by atoms with Crippen LogP contribution in [-0.4, -0.2) is 0 Å². The van der Waals surface area contributed by atoms with Crippen molar-refractivity contribution in [3.05, 3.63) is 69.8 Å². The lowest BCUT2D eigenvalue weighted by molar-refractivity contribution is 0.307. The lowest BCUT2D eigenvalue weighted by Crippen LogP contribution is -2.14. The Kier molecular flexibility index (Phi) is 5.31. The zero-order valence-corrected chi connectivity index (χ0v) is 16.0. The zero-order chi connectivity index (χ0) is 19.8. The van der Waals surface area contributed by atoms with E-state index in [0.29, 0.717) is 16.7 Å².